The van der Waals surface area contributed by atoms with Gasteiger partial charge in [0.25, 0.3) is 0 Å². The second kappa shape index (κ2) is 39.8. The fourth-order valence-electron chi connectivity index (χ4n) is 5.61. The molecular formula is C46H76N2O5. The van der Waals surface area contributed by atoms with E-state index in [1.807, 2.05) is 0 Å². The number of nitrogens with two attached hydrogens (primary N) is 1. The van der Waals surface area contributed by atoms with Crippen LogP contribution in [0.15, 0.2) is 85.1 Å². The van der Waals surface area contributed by atoms with Crippen molar-refractivity contribution >= 4 is 17.8 Å². The number of esters is 1. The van der Waals surface area contributed by atoms with Gasteiger partial charge in [-0.1, -0.05) is 137 Å². The van der Waals surface area contributed by atoms with Crippen LogP contribution in [0.5, 0.6) is 0 Å². The van der Waals surface area contributed by atoms with Gasteiger partial charge >= 0.3 is 11.9 Å². The molecule has 0 aliphatic carbocycles. The van der Waals surface area contributed by atoms with Gasteiger partial charge in [-0.3, -0.25) is 9.59 Å². The second-order valence-corrected chi connectivity index (χ2v) is 13.7. The summed E-state index contributed by atoms with van der Waals surface area (Å²) in [4.78, 5) is 36.2. The van der Waals surface area contributed by atoms with Crippen LogP contribution in [0.2, 0.25) is 0 Å². The molecule has 0 saturated heterocycles. The maximum Gasteiger partial charge on any atom is 0.326 e. The van der Waals surface area contributed by atoms with Crippen LogP contribution in [0.25, 0.3) is 0 Å². The summed E-state index contributed by atoms with van der Waals surface area (Å²) in [7, 11) is 0. The summed E-state index contributed by atoms with van der Waals surface area (Å²) in [6, 6.07) is -0.872. The summed E-state index contributed by atoms with van der Waals surface area (Å²) in [5.41, 5.74) is 5.47. The molecule has 4 N–H and O–H groups in total. The largest absolute Gasteiger partial charge is 0.480 e. The molecule has 0 aromatic carbocycles. The Morgan fingerprint density at radius 2 is 1.04 bits per heavy atom. The summed E-state index contributed by atoms with van der Waals surface area (Å²) < 4.78 is 5.93. The van der Waals surface area contributed by atoms with Crippen molar-refractivity contribution in [1.82, 2.24) is 5.32 Å². The summed E-state index contributed by atoms with van der Waals surface area (Å²) >= 11 is 0. The molecule has 300 valence electrons. The highest BCUT2D eigenvalue weighted by atomic mass is 16.5. The van der Waals surface area contributed by atoms with Gasteiger partial charge in [0.2, 0.25) is 5.91 Å². The van der Waals surface area contributed by atoms with Gasteiger partial charge in [-0.15, -0.1) is 0 Å². The Kier molecular flexibility index (Phi) is 37.2. The molecule has 0 aromatic heterocycles. The number of allylic oxidation sites excluding steroid dienone is 14. The van der Waals surface area contributed by atoms with Crippen LogP contribution in [-0.2, 0) is 19.1 Å². The van der Waals surface area contributed by atoms with Crippen molar-refractivity contribution in [2.75, 3.05) is 6.54 Å². The van der Waals surface area contributed by atoms with Crippen LogP contribution in [-0.4, -0.2) is 41.6 Å². The van der Waals surface area contributed by atoms with Crippen molar-refractivity contribution in [3.05, 3.63) is 85.1 Å². The average molecular weight is 737 g/mol. The molecule has 1 amide bonds. The molecular weight excluding hydrogens is 661 g/mol. The molecule has 2 unspecified atom stereocenters. The van der Waals surface area contributed by atoms with Gasteiger partial charge in [0.05, 0.1) is 0 Å². The van der Waals surface area contributed by atoms with Gasteiger partial charge in [0, 0.05) is 12.8 Å². The fourth-order valence-corrected chi connectivity index (χ4v) is 5.61. The average Bonchev–Trinajstić information content (AvgIpc) is 3.14. The van der Waals surface area contributed by atoms with Crippen molar-refractivity contribution in [2.24, 2.45) is 5.73 Å². The monoisotopic (exact) mass is 737 g/mol. The van der Waals surface area contributed by atoms with Crippen molar-refractivity contribution < 1.29 is 24.2 Å². The predicted octanol–water partition coefficient (Wildman–Crippen LogP) is 11.7. The van der Waals surface area contributed by atoms with E-state index in [0.29, 0.717) is 38.6 Å². The third-order valence-electron chi connectivity index (χ3n) is 8.72. The maximum atomic E-state index is 12.6. The van der Waals surface area contributed by atoms with E-state index in [2.05, 4.69) is 104 Å². The molecule has 0 bridgehead atoms. The standard InChI is InChI=1S/C46H76N2O5/c1-3-5-7-9-10-11-12-13-14-15-16-17-18-19-20-21-22-23-24-25-26-28-34-40-45(50)53-42(36-31-27-8-6-4-2)37-32-29-30-33-39-44(49)48-43(46(51)52)38-35-41-47/h5,7,10-11,13-14,16-17,19-20,22-23,25-26,42-43H,3-4,6,8-9,12,15,18,21,24,27-41,47H2,1-2H3,(H,48,49)(H,51,52)/b7-5-,11-10-,14-13-,17-16-,20-19-,23-22-,26-25-. The number of amides is 1. The number of hydrogen-bond donors (Lipinski definition) is 3. The first-order chi connectivity index (χ1) is 25.9. The minimum absolute atomic E-state index is 0.0464. The Labute approximate surface area is 324 Å². The summed E-state index contributed by atoms with van der Waals surface area (Å²) in [5, 5.41) is 11.9. The van der Waals surface area contributed by atoms with E-state index >= 15 is 0 Å². The molecule has 0 aromatic rings. The quantitative estimate of drug-likeness (QED) is 0.0335. The molecule has 53 heavy (non-hydrogen) atoms. The molecule has 0 saturated carbocycles. The van der Waals surface area contributed by atoms with Gasteiger partial charge in [-0.05, 0) is 109 Å². The lowest BCUT2D eigenvalue weighted by Crippen LogP contribution is -2.40. The third kappa shape index (κ3) is 36.7. The highest BCUT2D eigenvalue weighted by molar-refractivity contribution is 5.83. The molecule has 0 fully saturated rings. The van der Waals surface area contributed by atoms with Crippen LogP contribution in [0, 0.1) is 0 Å². The van der Waals surface area contributed by atoms with Crippen LogP contribution < -0.4 is 11.1 Å². The van der Waals surface area contributed by atoms with Crippen molar-refractivity contribution in [3.8, 4) is 0 Å². The van der Waals surface area contributed by atoms with Crippen LogP contribution in [0.3, 0.4) is 0 Å². The van der Waals surface area contributed by atoms with Crippen LogP contribution in [0.4, 0.5) is 0 Å². The first-order valence-electron chi connectivity index (χ1n) is 20.9. The van der Waals surface area contributed by atoms with Gasteiger partial charge in [0.1, 0.15) is 12.1 Å². The van der Waals surface area contributed by atoms with Gasteiger partial charge < -0.3 is 20.9 Å². The van der Waals surface area contributed by atoms with E-state index in [-0.39, 0.29) is 18.0 Å². The summed E-state index contributed by atoms with van der Waals surface area (Å²) in [5.74, 6) is -1.35. The summed E-state index contributed by atoms with van der Waals surface area (Å²) in [6.45, 7) is 4.76. The smallest absolute Gasteiger partial charge is 0.326 e. The second-order valence-electron chi connectivity index (χ2n) is 13.7. The molecule has 0 spiro atoms. The molecule has 0 rings (SSSR count). The minimum atomic E-state index is -1.02. The number of carboxylic acid groups (broad SMARTS) is 1. The van der Waals surface area contributed by atoms with Crippen molar-refractivity contribution in [1.29, 1.82) is 0 Å². The van der Waals surface area contributed by atoms with Gasteiger partial charge in [-0.25, -0.2) is 4.79 Å². The fraction of sp³-hybridized carbons (Fsp3) is 0.630. The van der Waals surface area contributed by atoms with Gasteiger partial charge in [0.15, 0.2) is 0 Å². The van der Waals surface area contributed by atoms with Crippen LogP contribution in [0.1, 0.15) is 168 Å². The third-order valence-corrected chi connectivity index (χ3v) is 8.72. The highest BCUT2D eigenvalue weighted by Crippen LogP contribution is 2.18. The van der Waals surface area contributed by atoms with E-state index < -0.39 is 12.0 Å². The summed E-state index contributed by atoms with van der Waals surface area (Å²) in [6.07, 6.45) is 52.1. The lowest BCUT2D eigenvalue weighted by atomic mass is 10.0. The van der Waals surface area contributed by atoms with E-state index in [9.17, 15) is 19.5 Å². The lowest BCUT2D eigenvalue weighted by molar-refractivity contribution is -0.150. The molecule has 7 heteroatoms. The topological polar surface area (TPSA) is 119 Å². The Morgan fingerprint density at radius 1 is 0.566 bits per heavy atom. The minimum Gasteiger partial charge on any atom is -0.480 e. The van der Waals surface area contributed by atoms with Gasteiger partial charge in [-0.2, -0.15) is 0 Å². The van der Waals surface area contributed by atoms with Crippen molar-refractivity contribution in [3.63, 3.8) is 0 Å². The SMILES string of the molecule is CC/C=C\C/C=C\C/C=C\C/C=C\C/C=C\C/C=C\C/C=C\CCCC(=O)OC(CCCCCCC)CCCCCCC(=O)NC(CCCN)C(=O)O. The molecule has 2 atom stereocenters. The van der Waals surface area contributed by atoms with Crippen molar-refractivity contribution in [2.45, 2.75) is 180 Å². The molecule has 0 aliphatic heterocycles. The van der Waals surface area contributed by atoms with E-state index in [0.717, 1.165) is 96.3 Å². The number of aliphatic carboxylic acids is 1. The zero-order chi connectivity index (χ0) is 38.9. The number of ether oxygens (including phenoxy) is 1. The number of rotatable bonds is 36. The number of nitrogens with one attached hydrogen (secondary N) is 1. The Hall–Kier alpha value is -3.45. The first-order valence-corrected chi connectivity index (χ1v) is 20.9. The number of carbonyl (C=O) groups is 3. The van der Waals surface area contributed by atoms with E-state index in [4.69, 9.17) is 10.5 Å². The molecule has 0 heterocycles. The van der Waals surface area contributed by atoms with Crippen LogP contribution >= 0.6 is 0 Å². The maximum absolute atomic E-state index is 12.6. The Balaban J connectivity index is 4.19. The normalized spacial score (nSPS) is 13.6. The number of carbonyl (C=O) groups excluding carboxylic acids is 2. The van der Waals surface area contributed by atoms with E-state index in [1.54, 1.807) is 0 Å². The Bertz CT molecular complexity index is 1100. The number of hydrogen-bond acceptors (Lipinski definition) is 5. The lowest BCUT2D eigenvalue weighted by Gasteiger charge is -2.18. The zero-order valence-electron chi connectivity index (χ0n) is 33.6. The first kappa shape index (κ1) is 49.6. The Morgan fingerprint density at radius 3 is 1.51 bits per heavy atom. The molecule has 0 radical (unpaired) electrons. The molecule has 7 nitrogen and oxygen atoms in total. The van der Waals surface area contributed by atoms with E-state index in [1.165, 1.54) is 25.7 Å². The number of carboxylic acids is 1. The zero-order valence-corrected chi connectivity index (χ0v) is 33.6. The molecule has 0 aliphatic rings. The highest BCUT2D eigenvalue weighted by Gasteiger charge is 2.19. The predicted molar refractivity (Wildman–Crippen MR) is 225 cm³/mol. The number of unbranched alkanes of at least 4 members (excludes halogenated alkanes) is 8.